The normalized spacial score (nSPS) is 11.0. The molecule has 0 radical (unpaired) electrons. The van der Waals surface area contributed by atoms with Gasteiger partial charge in [-0.1, -0.05) is 78.9 Å². The van der Waals surface area contributed by atoms with Crippen LogP contribution in [0.5, 0.6) is 0 Å². The van der Waals surface area contributed by atoms with Crippen LogP contribution in [0.3, 0.4) is 0 Å². The fourth-order valence-electron chi connectivity index (χ4n) is 4.14. The third kappa shape index (κ3) is 3.46. The summed E-state index contributed by atoms with van der Waals surface area (Å²) in [6, 6.07) is 35.2. The third-order valence-electron chi connectivity index (χ3n) is 5.67. The zero-order valence-corrected chi connectivity index (χ0v) is 17.7. The number of hydrogen-bond acceptors (Lipinski definition) is 4. The molecule has 4 aromatic carbocycles. The quantitative estimate of drug-likeness (QED) is 0.337. The van der Waals surface area contributed by atoms with Crippen molar-refractivity contribution >= 4 is 11.0 Å². The van der Waals surface area contributed by atoms with Crippen LogP contribution in [0.25, 0.3) is 50.6 Å². The fraction of sp³-hybridized carbons (Fsp3) is 0. The monoisotopic (exact) mass is 425 g/mol. The van der Waals surface area contributed by atoms with Crippen molar-refractivity contribution in [2.24, 2.45) is 0 Å². The predicted octanol–water partition coefficient (Wildman–Crippen LogP) is 6.21. The smallest absolute Gasteiger partial charge is 0.164 e. The first-order valence-corrected chi connectivity index (χ1v) is 10.7. The highest BCUT2D eigenvalue weighted by Crippen LogP contribution is 2.35. The molecular weight excluding hydrogens is 406 g/mol. The number of rotatable bonds is 4. The van der Waals surface area contributed by atoms with E-state index in [1.807, 2.05) is 42.5 Å². The van der Waals surface area contributed by atoms with Gasteiger partial charge in [0, 0.05) is 11.1 Å². The summed E-state index contributed by atoms with van der Waals surface area (Å²) in [5.74, 6) is 1.49. The van der Waals surface area contributed by atoms with Crippen LogP contribution in [0.4, 0.5) is 0 Å². The molecule has 5 heteroatoms. The molecule has 33 heavy (non-hydrogen) atoms. The van der Waals surface area contributed by atoms with Crippen LogP contribution in [-0.2, 0) is 0 Å². The van der Waals surface area contributed by atoms with Crippen molar-refractivity contribution in [1.29, 1.82) is 0 Å². The molecule has 0 saturated carbocycles. The van der Waals surface area contributed by atoms with Crippen LogP contribution < -0.4 is 0 Å². The maximum Gasteiger partial charge on any atom is 0.164 e. The van der Waals surface area contributed by atoms with E-state index in [9.17, 15) is 0 Å². The van der Waals surface area contributed by atoms with Gasteiger partial charge in [-0.25, -0.2) is 19.9 Å². The second kappa shape index (κ2) is 8.13. The van der Waals surface area contributed by atoms with Crippen LogP contribution in [0.2, 0.25) is 0 Å². The van der Waals surface area contributed by atoms with Gasteiger partial charge in [0.05, 0.1) is 16.7 Å². The van der Waals surface area contributed by atoms with Gasteiger partial charge in [-0.3, -0.25) is 4.57 Å². The van der Waals surface area contributed by atoms with Gasteiger partial charge in [-0.05, 0) is 35.4 Å². The van der Waals surface area contributed by atoms with E-state index >= 15 is 0 Å². The van der Waals surface area contributed by atoms with Crippen molar-refractivity contribution in [2.75, 3.05) is 0 Å². The zero-order valence-electron chi connectivity index (χ0n) is 17.7. The topological polar surface area (TPSA) is 56.5 Å². The Morgan fingerprint density at radius 3 is 2.00 bits per heavy atom. The Kier molecular flexibility index (Phi) is 4.70. The standard InChI is InChI=1S/C28H19N5/c1-3-9-20(10-4-1)22-15-16-23(27-30-18-29-19-31-27)26(17-22)33-25-14-8-7-13-24(25)32-28(33)21-11-5-2-6-12-21/h1-19H. The van der Waals surface area contributed by atoms with Crippen LogP contribution in [0, 0.1) is 0 Å². The van der Waals surface area contributed by atoms with Crippen molar-refractivity contribution in [3.8, 4) is 39.6 Å². The molecule has 2 aromatic heterocycles. The Labute approximate surface area is 191 Å². The molecule has 5 nitrogen and oxygen atoms in total. The number of benzene rings is 4. The van der Waals surface area contributed by atoms with Gasteiger partial charge in [-0.2, -0.15) is 0 Å². The van der Waals surface area contributed by atoms with Crippen molar-refractivity contribution < 1.29 is 0 Å². The number of imidazole rings is 1. The molecular formula is C28H19N5. The van der Waals surface area contributed by atoms with Gasteiger partial charge >= 0.3 is 0 Å². The lowest BCUT2D eigenvalue weighted by molar-refractivity contribution is 1.04. The van der Waals surface area contributed by atoms with Gasteiger partial charge < -0.3 is 0 Å². The van der Waals surface area contributed by atoms with Crippen LogP contribution in [-0.4, -0.2) is 24.5 Å². The summed E-state index contributed by atoms with van der Waals surface area (Å²) < 4.78 is 2.20. The minimum Gasteiger partial charge on any atom is -0.292 e. The molecule has 6 aromatic rings. The summed E-state index contributed by atoms with van der Waals surface area (Å²) in [6.07, 6.45) is 3.06. The SMILES string of the molecule is c1ccc(-c2ccc(-c3ncncn3)c(-n3c(-c4ccccc4)nc4ccccc43)c2)cc1. The molecule has 0 aliphatic rings. The molecule has 0 spiro atoms. The van der Waals surface area contributed by atoms with E-state index in [4.69, 9.17) is 4.98 Å². The molecule has 0 aliphatic carbocycles. The average Bonchev–Trinajstić information content (AvgIpc) is 3.29. The Hall–Kier alpha value is -4.64. The van der Waals surface area contributed by atoms with Crippen molar-refractivity contribution in [3.63, 3.8) is 0 Å². The summed E-state index contributed by atoms with van der Waals surface area (Å²) in [6.45, 7) is 0. The largest absolute Gasteiger partial charge is 0.292 e. The van der Waals surface area contributed by atoms with Gasteiger partial charge in [0.2, 0.25) is 0 Å². The van der Waals surface area contributed by atoms with E-state index in [2.05, 4.69) is 80.2 Å². The highest BCUT2D eigenvalue weighted by Gasteiger charge is 2.19. The van der Waals surface area contributed by atoms with Gasteiger partial charge in [0.15, 0.2) is 5.82 Å². The minimum atomic E-state index is 0.622. The predicted molar refractivity (Wildman–Crippen MR) is 131 cm³/mol. The molecule has 2 heterocycles. The molecule has 0 atom stereocenters. The highest BCUT2D eigenvalue weighted by atomic mass is 15.1. The molecule has 0 fully saturated rings. The summed E-state index contributed by atoms with van der Waals surface area (Å²) >= 11 is 0. The van der Waals surface area contributed by atoms with E-state index in [0.29, 0.717) is 5.82 Å². The van der Waals surface area contributed by atoms with Crippen LogP contribution >= 0.6 is 0 Å². The van der Waals surface area contributed by atoms with Gasteiger partial charge in [0.1, 0.15) is 18.5 Å². The minimum absolute atomic E-state index is 0.622. The van der Waals surface area contributed by atoms with Crippen LogP contribution in [0.1, 0.15) is 0 Å². The molecule has 0 saturated heterocycles. The zero-order chi connectivity index (χ0) is 22.0. The van der Waals surface area contributed by atoms with Gasteiger partial charge in [-0.15, -0.1) is 0 Å². The summed E-state index contributed by atoms with van der Waals surface area (Å²) in [7, 11) is 0. The molecule has 0 amide bonds. The first-order valence-electron chi connectivity index (χ1n) is 10.7. The maximum absolute atomic E-state index is 5.01. The number of para-hydroxylation sites is 2. The lowest BCUT2D eigenvalue weighted by atomic mass is 10.0. The van der Waals surface area contributed by atoms with Crippen molar-refractivity contribution in [3.05, 3.63) is 116 Å². The second-order valence-electron chi connectivity index (χ2n) is 7.69. The van der Waals surface area contributed by atoms with Gasteiger partial charge in [0.25, 0.3) is 0 Å². The van der Waals surface area contributed by atoms with E-state index < -0.39 is 0 Å². The number of nitrogens with zero attached hydrogens (tertiary/aromatic N) is 5. The fourth-order valence-corrected chi connectivity index (χ4v) is 4.14. The van der Waals surface area contributed by atoms with E-state index in [-0.39, 0.29) is 0 Å². The van der Waals surface area contributed by atoms with E-state index in [0.717, 1.165) is 44.8 Å². The third-order valence-corrected chi connectivity index (χ3v) is 5.67. The summed E-state index contributed by atoms with van der Waals surface area (Å²) in [4.78, 5) is 17.9. The number of fused-ring (bicyclic) bond motifs is 1. The van der Waals surface area contributed by atoms with Crippen molar-refractivity contribution in [2.45, 2.75) is 0 Å². The molecule has 0 aliphatic heterocycles. The number of aromatic nitrogens is 5. The molecule has 6 rings (SSSR count). The van der Waals surface area contributed by atoms with Crippen LogP contribution in [0.15, 0.2) is 116 Å². The van der Waals surface area contributed by atoms with E-state index in [1.54, 1.807) is 0 Å². The lowest BCUT2D eigenvalue weighted by Gasteiger charge is -2.16. The molecule has 0 bridgehead atoms. The second-order valence-corrected chi connectivity index (χ2v) is 7.69. The maximum atomic E-state index is 5.01. The summed E-state index contributed by atoms with van der Waals surface area (Å²) in [5, 5.41) is 0. The average molecular weight is 425 g/mol. The Bertz CT molecular complexity index is 1540. The molecule has 0 unspecified atom stereocenters. The Morgan fingerprint density at radius 2 is 1.24 bits per heavy atom. The summed E-state index contributed by atoms with van der Waals surface area (Å²) in [5.41, 5.74) is 7.14. The Morgan fingerprint density at radius 1 is 0.576 bits per heavy atom. The first-order chi connectivity index (χ1) is 16.4. The lowest BCUT2D eigenvalue weighted by Crippen LogP contribution is -2.02. The molecule has 0 N–H and O–H groups in total. The first kappa shape index (κ1) is 19.1. The highest BCUT2D eigenvalue weighted by molar-refractivity contribution is 5.87. The molecule has 156 valence electrons. The van der Waals surface area contributed by atoms with Crippen molar-refractivity contribution in [1.82, 2.24) is 24.5 Å². The van der Waals surface area contributed by atoms with E-state index in [1.165, 1.54) is 12.7 Å². The number of hydrogen-bond donors (Lipinski definition) is 0. The Balaban J connectivity index is 1.69.